The summed E-state index contributed by atoms with van der Waals surface area (Å²) in [5.74, 6) is -1.81. The molecule has 0 saturated carbocycles. The lowest BCUT2D eigenvalue weighted by Gasteiger charge is -2.08. The van der Waals surface area contributed by atoms with Gasteiger partial charge in [0.25, 0.3) is 0 Å². The van der Waals surface area contributed by atoms with Gasteiger partial charge in [-0.1, -0.05) is 17.7 Å². The number of phenolic OH excluding ortho intramolecular Hbond substituents is 1. The number of halogens is 1. The maximum atomic E-state index is 11.8. The number of nitrogens with one attached hydrogen (secondary N) is 2. The van der Waals surface area contributed by atoms with Gasteiger partial charge in [-0.2, -0.15) is 0 Å². The average Bonchev–Trinajstić information content (AvgIpc) is 2.45. The molecule has 0 fully saturated rings. The normalized spacial score (nSPS) is 10.0. The Balaban J connectivity index is 2.04. The fourth-order valence-corrected chi connectivity index (χ4v) is 1.78. The number of rotatable bonds is 2. The highest BCUT2D eigenvalue weighted by Crippen LogP contribution is 2.23. The second kappa shape index (κ2) is 6.28. The fourth-order valence-electron chi connectivity index (χ4n) is 1.65. The molecule has 0 bridgehead atoms. The van der Waals surface area contributed by atoms with Crippen LogP contribution >= 0.6 is 11.6 Å². The van der Waals surface area contributed by atoms with Crippen molar-refractivity contribution in [2.75, 3.05) is 10.6 Å². The number of hydrogen-bond donors (Lipinski definition) is 3. The van der Waals surface area contributed by atoms with Gasteiger partial charge in [-0.3, -0.25) is 9.59 Å². The molecule has 0 aromatic heterocycles. The standard InChI is InChI=1S/C15H13ClN2O3/c1-9-2-7-13(19)12(8-9)18-15(21)14(20)17-11-5-3-10(16)4-6-11/h2-8,19H,1H3,(H,17,20)(H,18,21). The van der Waals surface area contributed by atoms with Crippen molar-refractivity contribution in [3.63, 3.8) is 0 Å². The molecule has 21 heavy (non-hydrogen) atoms. The van der Waals surface area contributed by atoms with Gasteiger partial charge in [-0.25, -0.2) is 0 Å². The van der Waals surface area contributed by atoms with Gasteiger partial charge in [0.15, 0.2) is 0 Å². The first-order valence-electron chi connectivity index (χ1n) is 6.13. The predicted molar refractivity (Wildman–Crippen MR) is 81.6 cm³/mol. The Kier molecular flexibility index (Phi) is 4.45. The third-order valence-corrected chi connectivity index (χ3v) is 2.96. The predicted octanol–water partition coefficient (Wildman–Crippen LogP) is 2.93. The number of carbonyl (C=O) groups excluding carboxylic acids is 2. The van der Waals surface area contributed by atoms with Crippen molar-refractivity contribution in [3.8, 4) is 5.75 Å². The van der Waals surface area contributed by atoms with E-state index in [-0.39, 0.29) is 11.4 Å². The minimum absolute atomic E-state index is 0.103. The second-order valence-electron chi connectivity index (χ2n) is 4.44. The molecule has 2 amide bonds. The van der Waals surface area contributed by atoms with E-state index in [4.69, 9.17) is 11.6 Å². The molecule has 2 rings (SSSR count). The molecule has 0 unspecified atom stereocenters. The molecule has 0 atom stereocenters. The average molecular weight is 305 g/mol. The number of carbonyl (C=O) groups is 2. The summed E-state index contributed by atoms with van der Waals surface area (Å²) < 4.78 is 0. The third-order valence-electron chi connectivity index (χ3n) is 2.71. The summed E-state index contributed by atoms with van der Waals surface area (Å²) in [6.07, 6.45) is 0. The van der Waals surface area contributed by atoms with Crippen LogP contribution in [0.25, 0.3) is 0 Å². The summed E-state index contributed by atoms with van der Waals surface area (Å²) in [5, 5.41) is 14.9. The van der Waals surface area contributed by atoms with Gasteiger partial charge in [0.1, 0.15) is 5.75 Å². The van der Waals surface area contributed by atoms with Crippen LogP contribution in [0.2, 0.25) is 5.02 Å². The Morgan fingerprint density at radius 3 is 2.29 bits per heavy atom. The largest absolute Gasteiger partial charge is 0.506 e. The van der Waals surface area contributed by atoms with Crippen molar-refractivity contribution in [2.24, 2.45) is 0 Å². The molecule has 0 saturated heterocycles. The van der Waals surface area contributed by atoms with Gasteiger partial charge >= 0.3 is 11.8 Å². The van der Waals surface area contributed by atoms with Gasteiger partial charge in [-0.15, -0.1) is 0 Å². The van der Waals surface area contributed by atoms with E-state index in [1.807, 2.05) is 6.92 Å². The van der Waals surface area contributed by atoms with E-state index in [9.17, 15) is 14.7 Å². The molecule has 0 aliphatic heterocycles. The second-order valence-corrected chi connectivity index (χ2v) is 4.87. The lowest BCUT2D eigenvalue weighted by molar-refractivity contribution is -0.133. The molecule has 2 aromatic carbocycles. The van der Waals surface area contributed by atoms with Crippen molar-refractivity contribution in [3.05, 3.63) is 53.1 Å². The number of phenols is 1. The number of amides is 2. The van der Waals surface area contributed by atoms with E-state index >= 15 is 0 Å². The van der Waals surface area contributed by atoms with E-state index < -0.39 is 11.8 Å². The maximum absolute atomic E-state index is 11.8. The summed E-state index contributed by atoms with van der Waals surface area (Å²) in [7, 11) is 0. The van der Waals surface area contributed by atoms with Gasteiger partial charge in [-0.05, 0) is 48.9 Å². The van der Waals surface area contributed by atoms with Crippen LogP contribution in [0.3, 0.4) is 0 Å². The highest BCUT2D eigenvalue weighted by atomic mass is 35.5. The molecule has 6 heteroatoms. The van der Waals surface area contributed by atoms with Gasteiger partial charge < -0.3 is 15.7 Å². The molecular formula is C15H13ClN2O3. The molecule has 0 aliphatic rings. The van der Waals surface area contributed by atoms with Crippen LogP contribution in [0.1, 0.15) is 5.56 Å². The molecule has 0 radical (unpaired) electrons. The zero-order valence-corrected chi connectivity index (χ0v) is 11.9. The first kappa shape index (κ1) is 14.9. The maximum Gasteiger partial charge on any atom is 0.314 e. The number of aryl methyl sites for hydroxylation is 1. The quantitative estimate of drug-likeness (QED) is 0.589. The lowest BCUT2D eigenvalue weighted by atomic mass is 10.2. The van der Waals surface area contributed by atoms with Crippen molar-refractivity contribution in [1.82, 2.24) is 0 Å². The van der Waals surface area contributed by atoms with E-state index in [1.165, 1.54) is 6.07 Å². The summed E-state index contributed by atoms with van der Waals surface area (Å²) in [6.45, 7) is 1.81. The van der Waals surface area contributed by atoms with Crippen molar-refractivity contribution < 1.29 is 14.7 Å². The van der Waals surface area contributed by atoms with E-state index in [0.29, 0.717) is 10.7 Å². The Hall–Kier alpha value is -2.53. The Morgan fingerprint density at radius 1 is 1.00 bits per heavy atom. The number of hydrogen-bond acceptors (Lipinski definition) is 3. The van der Waals surface area contributed by atoms with Crippen LogP contribution in [0.4, 0.5) is 11.4 Å². The topological polar surface area (TPSA) is 78.4 Å². The molecule has 3 N–H and O–H groups in total. The van der Waals surface area contributed by atoms with E-state index in [1.54, 1.807) is 36.4 Å². The smallest absolute Gasteiger partial charge is 0.314 e. The first-order chi connectivity index (χ1) is 9.95. The van der Waals surface area contributed by atoms with E-state index in [0.717, 1.165) is 5.56 Å². The molecule has 0 spiro atoms. The summed E-state index contributed by atoms with van der Waals surface area (Å²) >= 11 is 5.73. The summed E-state index contributed by atoms with van der Waals surface area (Å²) in [5.41, 5.74) is 1.49. The Labute approximate surface area is 126 Å². The minimum atomic E-state index is -0.870. The molecule has 2 aromatic rings. The Bertz CT molecular complexity index is 684. The lowest BCUT2D eigenvalue weighted by Crippen LogP contribution is -2.29. The summed E-state index contributed by atoms with van der Waals surface area (Å²) in [4.78, 5) is 23.5. The molecular weight excluding hydrogens is 292 g/mol. The Morgan fingerprint density at radius 2 is 1.62 bits per heavy atom. The minimum Gasteiger partial charge on any atom is -0.506 e. The third kappa shape index (κ3) is 3.97. The summed E-state index contributed by atoms with van der Waals surface area (Å²) in [6, 6.07) is 11.1. The number of aromatic hydroxyl groups is 1. The van der Waals surface area contributed by atoms with Crippen molar-refractivity contribution in [1.29, 1.82) is 0 Å². The van der Waals surface area contributed by atoms with Gasteiger partial charge in [0, 0.05) is 10.7 Å². The van der Waals surface area contributed by atoms with Crippen LogP contribution < -0.4 is 10.6 Å². The van der Waals surface area contributed by atoms with Crippen LogP contribution in [0.5, 0.6) is 5.75 Å². The van der Waals surface area contributed by atoms with Crippen molar-refractivity contribution >= 4 is 34.8 Å². The molecule has 108 valence electrons. The molecule has 5 nitrogen and oxygen atoms in total. The van der Waals surface area contributed by atoms with Crippen LogP contribution in [-0.2, 0) is 9.59 Å². The number of anilines is 2. The monoisotopic (exact) mass is 304 g/mol. The zero-order chi connectivity index (χ0) is 15.4. The van der Waals surface area contributed by atoms with Crippen LogP contribution in [-0.4, -0.2) is 16.9 Å². The SMILES string of the molecule is Cc1ccc(O)c(NC(=O)C(=O)Nc2ccc(Cl)cc2)c1. The highest BCUT2D eigenvalue weighted by molar-refractivity contribution is 6.43. The molecule has 0 heterocycles. The zero-order valence-electron chi connectivity index (χ0n) is 11.2. The van der Waals surface area contributed by atoms with E-state index in [2.05, 4.69) is 10.6 Å². The highest BCUT2D eigenvalue weighted by Gasteiger charge is 2.15. The van der Waals surface area contributed by atoms with Gasteiger partial charge in [0.05, 0.1) is 5.69 Å². The van der Waals surface area contributed by atoms with Crippen LogP contribution in [0.15, 0.2) is 42.5 Å². The van der Waals surface area contributed by atoms with Crippen LogP contribution in [0, 0.1) is 6.92 Å². The van der Waals surface area contributed by atoms with Crippen molar-refractivity contribution in [2.45, 2.75) is 6.92 Å². The molecule has 0 aliphatic carbocycles. The number of benzene rings is 2. The first-order valence-corrected chi connectivity index (χ1v) is 6.51. The van der Waals surface area contributed by atoms with Gasteiger partial charge in [0.2, 0.25) is 0 Å². The fraction of sp³-hybridized carbons (Fsp3) is 0.0667.